The molecule has 2 aromatic carbocycles. The Hall–Kier alpha value is -6.24. The number of aryl methyl sites for hydroxylation is 2. The summed E-state index contributed by atoms with van der Waals surface area (Å²) in [5.74, 6) is -4.85. The van der Waals surface area contributed by atoms with Gasteiger partial charge in [-0.3, -0.25) is 29.8 Å². The summed E-state index contributed by atoms with van der Waals surface area (Å²) in [4.78, 5) is 75.6. The molecule has 6 rings (SSSR count). The van der Waals surface area contributed by atoms with Crippen molar-refractivity contribution in [2.24, 2.45) is 14.1 Å². The molecule has 2 aliphatic heterocycles. The maximum atomic E-state index is 13.8. The van der Waals surface area contributed by atoms with Crippen molar-refractivity contribution in [1.82, 2.24) is 51.0 Å². The number of esters is 6. The van der Waals surface area contributed by atoms with Gasteiger partial charge < -0.3 is 28.4 Å². The van der Waals surface area contributed by atoms with Gasteiger partial charge in [0.15, 0.2) is 23.0 Å². The molecule has 60 heavy (non-hydrogen) atoms. The standard InChI is InChI=1S/C36H38N10O12S2/c1-19(47)53-27-13-23-9-11-37-35(17-59-33-39-41-43-45(33)5,25(23)15-29(27)55-21(3)49)57-31(51)7-8-32(52)58-36(18-60-34-40-42-44-46(34)6)26-16-30(56-22(4)50)28(54-20(2)48)14-24(26)10-12-38-36/h7-8,13-16,37-38H,9-12,17-18H2,1-6H3/b8-7+. The predicted octanol–water partition coefficient (Wildman–Crippen LogP) is 0.959. The summed E-state index contributed by atoms with van der Waals surface area (Å²) < 4.78 is 36.6. The van der Waals surface area contributed by atoms with Crippen LogP contribution in [0.4, 0.5) is 0 Å². The van der Waals surface area contributed by atoms with Gasteiger partial charge in [-0.05, 0) is 69.1 Å². The zero-order chi connectivity index (χ0) is 43.2. The van der Waals surface area contributed by atoms with Gasteiger partial charge in [-0.15, -0.1) is 10.2 Å². The van der Waals surface area contributed by atoms with Crippen LogP contribution in [-0.4, -0.2) is 101 Å². The Kier molecular flexibility index (Phi) is 13.3. The molecule has 2 unspecified atom stereocenters. The molecule has 22 nitrogen and oxygen atoms in total. The van der Waals surface area contributed by atoms with Gasteiger partial charge in [-0.25, -0.2) is 19.0 Å². The summed E-state index contributed by atoms with van der Waals surface area (Å²) in [6.45, 7) is 5.34. The number of carbonyl (C=O) groups is 6. The Morgan fingerprint density at radius 2 is 0.967 bits per heavy atom. The summed E-state index contributed by atoms with van der Waals surface area (Å²) in [5.41, 5.74) is -1.28. The van der Waals surface area contributed by atoms with Crippen molar-refractivity contribution in [2.75, 3.05) is 24.6 Å². The van der Waals surface area contributed by atoms with Crippen LogP contribution in [-0.2, 0) is 76.6 Å². The van der Waals surface area contributed by atoms with Gasteiger partial charge in [0.2, 0.25) is 21.8 Å². The third-order valence-electron chi connectivity index (χ3n) is 8.71. The highest BCUT2D eigenvalue weighted by Crippen LogP contribution is 2.43. The summed E-state index contributed by atoms with van der Waals surface area (Å²) in [6, 6.07) is 5.95. The summed E-state index contributed by atoms with van der Waals surface area (Å²) in [6.07, 6.45) is 2.59. The molecule has 2 aromatic heterocycles. The van der Waals surface area contributed by atoms with Gasteiger partial charge in [0, 0.05) is 78.2 Å². The van der Waals surface area contributed by atoms with Gasteiger partial charge in [-0.2, -0.15) is 0 Å². The van der Waals surface area contributed by atoms with Crippen LogP contribution in [0.2, 0.25) is 0 Å². The number of thioether (sulfide) groups is 2. The number of carbonyl (C=O) groups excluding carboxylic acids is 6. The summed E-state index contributed by atoms with van der Waals surface area (Å²) in [5, 5.41) is 30.3. The summed E-state index contributed by atoms with van der Waals surface area (Å²) in [7, 11) is 3.26. The molecular weight excluding hydrogens is 829 g/mol. The van der Waals surface area contributed by atoms with E-state index in [9.17, 15) is 28.8 Å². The third-order valence-corrected chi connectivity index (χ3v) is 11.0. The highest BCUT2D eigenvalue weighted by molar-refractivity contribution is 7.99. The monoisotopic (exact) mass is 866 g/mol. The second-order valence-corrected chi connectivity index (χ2v) is 15.1. The highest BCUT2D eigenvalue weighted by Gasteiger charge is 2.44. The number of tetrazole rings is 2. The molecule has 0 fully saturated rings. The first-order chi connectivity index (χ1) is 28.6. The molecular formula is C36H38N10O12S2. The Morgan fingerprint density at radius 3 is 1.28 bits per heavy atom. The number of hydrogen-bond donors (Lipinski definition) is 2. The van der Waals surface area contributed by atoms with Crippen LogP contribution in [0.25, 0.3) is 0 Å². The van der Waals surface area contributed by atoms with Crippen molar-refractivity contribution in [3.63, 3.8) is 0 Å². The Morgan fingerprint density at radius 1 is 0.617 bits per heavy atom. The molecule has 0 aliphatic carbocycles. The first-order valence-corrected chi connectivity index (χ1v) is 20.0. The minimum absolute atomic E-state index is 0.00521. The first kappa shape index (κ1) is 43.3. The molecule has 0 bridgehead atoms. The second-order valence-electron chi connectivity index (χ2n) is 13.2. The molecule has 4 heterocycles. The fourth-order valence-electron chi connectivity index (χ4n) is 6.36. The lowest BCUT2D eigenvalue weighted by Gasteiger charge is -2.39. The van der Waals surface area contributed by atoms with Crippen LogP contribution < -0.4 is 29.6 Å². The van der Waals surface area contributed by atoms with Crippen LogP contribution >= 0.6 is 23.5 Å². The van der Waals surface area contributed by atoms with Crippen LogP contribution in [0, 0.1) is 0 Å². The van der Waals surface area contributed by atoms with Crippen LogP contribution in [0.15, 0.2) is 46.7 Å². The van der Waals surface area contributed by atoms with Crippen molar-refractivity contribution in [3.8, 4) is 23.0 Å². The number of nitrogens with one attached hydrogen (secondary N) is 2. The van der Waals surface area contributed by atoms with Crippen LogP contribution in [0.1, 0.15) is 49.9 Å². The van der Waals surface area contributed by atoms with Gasteiger partial charge >= 0.3 is 35.8 Å². The summed E-state index contributed by atoms with van der Waals surface area (Å²) >= 11 is 2.29. The maximum Gasteiger partial charge on any atom is 0.333 e. The molecule has 0 saturated carbocycles. The second kappa shape index (κ2) is 18.4. The number of fused-ring (bicyclic) bond motifs is 2. The molecule has 0 radical (unpaired) electrons. The molecule has 0 spiro atoms. The van der Waals surface area contributed by atoms with Crippen molar-refractivity contribution in [1.29, 1.82) is 0 Å². The van der Waals surface area contributed by atoms with E-state index in [2.05, 4.69) is 41.7 Å². The topological polar surface area (TPSA) is 269 Å². The van der Waals surface area contributed by atoms with Gasteiger partial charge in [0.1, 0.15) is 0 Å². The molecule has 0 saturated heterocycles. The van der Waals surface area contributed by atoms with E-state index < -0.39 is 47.3 Å². The Bertz CT molecular complexity index is 2220. The smallest absolute Gasteiger partial charge is 0.333 e. The SMILES string of the molecule is CC(=O)Oc1cc2c(cc1OC(C)=O)C(CSc1nnnn1C)(OC(=O)/C=C/C(=O)OC1(CSc3nnnn3C)NCCc3cc(OC(C)=O)c(OC(C)=O)cc31)NCC2. The van der Waals surface area contributed by atoms with Crippen molar-refractivity contribution >= 4 is 59.3 Å². The molecule has 24 heteroatoms. The molecule has 0 amide bonds. The van der Waals surface area contributed by atoms with E-state index in [0.29, 0.717) is 45.4 Å². The molecule has 2 atom stereocenters. The van der Waals surface area contributed by atoms with E-state index in [0.717, 1.165) is 35.7 Å². The number of ether oxygens (including phenoxy) is 6. The fraction of sp³-hybridized carbons (Fsp3) is 0.389. The number of rotatable bonds is 14. The van der Waals surface area contributed by atoms with E-state index in [1.165, 1.54) is 61.3 Å². The fourth-order valence-corrected chi connectivity index (χ4v) is 8.30. The van der Waals surface area contributed by atoms with Crippen LogP contribution in [0.5, 0.6) is 23.0 Å². The van der Waals surface area contributed by atoms with Gasteiger partial charge in [0.25, 0.3) is 0 Å². The predicted molar refractivity (Wildman–Crippen MR) is 205 cm³/mol. The van der Waals surface area contributed by atoms with E-state index in [1.807, 2.05) is 0 Å². The average molecular weight is 867 g/mol. The zero-order valence-electron chi connectivity index (χ0n) is 33.0. The highest BCUT2D eigenvalue weighted by atomic mass is 32.2. The molecule has 2 N–H and O–H groups in total. The molecule has 4 aromatic rings. The molecule has 316 valence electrons. The van der Waals surface area contributed by atoms with Crippen molar-refractivity contribution < 1.29 is 57.2 Å². The quantitative estimate of drug-likeness (QED) is 0.0773. The van der Waals surface area contributed by atoms with Gasteiger partial charge in [-0.1, -0.05) is 23.5 Å². The van der Waals surface area contributed by atoms with Crippen molar-refractivity contribution in [2.45, 2.75) is 62.3 Å². The average Bonchev–Trinajstić information content (AvgIpc) is 3.79. The number of hydrogen-bond acceptors (Lipinski definition) is 22. The molecule has 2 aliphatic rings. The Balaban J connectivity index is 1.33. The van der Waals surface area contributed by atoms with Gasteiger partial charge in [0.05, 0.1) is 11.5 Å². The van der Waals surface area contributed by atoms with E-state index in [1.54, 1.807) is 14.1 Å². The lowest BCUT2D eigenvalue weighted by atomic mass is 9.91. The van der Waals surface area contributed by atoms with E-state index in [4.69, 9.17) is 28.4 Å². The lowest BCUT2D eigenvalue weighted by molar-refractivity contribution is -0.159. The number of aromatic nitrogens is 8. The van der Waals surface area contributed by atoms with Crippen molar-refractivity contribution in [3.05, 3.63) is 58.7 Å². The minimum Gasteiger partial charge on any atom is -0.435 e. The van der Waals surface area contributed by atoms with Crippen LogP contribution in [0.3, 0.4) is 0 Å². The minimum atomic E-state index is -1.63. The first-order valence-electron chi connectivity index (χ1n) is 18.0. The maximum absolute atomic E-state index is 13.8. The Labute approximate surface area is 349 Å². The lowest BCUT2D eigenvalue weighted by Crippen LogP contribution is -2.52. The largest absolute Gasteiger partial charge is 0.435 e. The zero-order valence-corrected chi connectivity index (χ0v) is 34.6. The third kappa shape index (κ3) is 10.1. The van der Waals surface area contributed by atoms with E-state index in [-0.39, 0.29) is 47.6 Å². The van der Waals surface area contributed by atoms with E-state index >= 15 is 0 Å². The normalized spacial score (nSPS) is 18.2. The number of nitrogens with zero attached hydrogens (tertiary/aromatic N) is 8. The number of benzene rings is 2.